The molecule has 0 heterocycles. The number of ether oxygens (including phenoxy) is 1. The van der Waals surface area contributed by atoms with Crippen LogP contribution in [0.15, 0.2) is 18.2 Å². The van der Waals surface area contributed by atoms with Gasteiger partial charge in [-0.3, -0.25) is 9.69 Å². The summed E-state index contributed by atoms with van der Waals surface area (Å²) in [5, 5.41) is 14.3. The molecule has 0 aliphatic heterocycles. The van der Waals surface area contributed by atoms with Crippen molar-refractivity contribution in [1.29, 1.82) is 0 Å². The van der Waals surface area contributed by atoms with Crippen LogP contribution >= 0.6 is 11.6 Å². The van der Waals surface area contributed by atoms with Crippen molar-refractivity contribution in [2.24, 2.45) is 0 Å². The van der Waals surface area contributed by atoms with Crippen molar-refractivity contribution in [3.8, 4) is 5.75 Å². The summed E-state index contributed by atoms with van der Waals surface area (Å²) in [7, 11) is 0. The number of aliphatic carboxylic acids is 1. The van der Waals surface area contributed by atoms with Gasteiger partial charge in [0.05, 0.1) is 12.2 Å². The first-order valence-corrected chi connectivity index (χ1v) is 8.44. The Morgan fingerprint density at radius 2 is 2.12 bits per heavy atom. The van der Waals surface area contributed by atoms with Gasteiger partial charge in [-0.1, -0.05) is 18.5 Å². The minimum Gasteiger partial charge on any atom is -0.480 e. The molecule has 0 aromatic heterocycles. The van der Waals surface area contributed by atoms with E-state index in [1.54, 1.807) is 0 Å². The number of amides is 2. The van der Waals surface area contributed by atoms with Crippen molar-refractivity contribution in [3.63, 3.8) is 0 Å². The topological polar surface area (TPSA) is 90.9 Å². The number of rotatable bonds is 8. The highest BCUT2D eigenvalue weighted by molar-refractivity contribution is 6.30. The van der Waals surface area contributed by atoms with Gasteiger partial charge in [-0.15, -0.1) is 0 Å². The van der Waals surface area contributed by atoms with Gasteiger partial charge in [-0.2, -0.15) is 8.78 Å². The third-order valence-corrected chi connectivity index (χ3v) is 4.35. The average Bonchev–Trinajstić information content (AvgIpc) is 2.50. The number of benzene rings is 1. The van der Waals surface area contributed by atoms with Gasteiger partial charge >= 0.3 is 18.6 Å². The molecule has 10 heteroatoms. The second kappa shape index (κ2) is 9.00. The predicted molar refractivity (Wildman–Crippen MR) is 91.9 cm³/mol. The number of nitrogens with zero attached hydrogens (tertiary/aromatic N) is 1. The minimum atomic E-state index is -3.04. The first kappa shape index (κ1) is 20.2. The monoisotopic (exact) mass is 391 g/mol. The van der Waals surface area contributed by atoms with E-state index in [-0.39, 0.29) is 35.1 Å². The first-order valence-electron chi connectivity index (χ1n) is 8.06. The van der Waals surface area contributed by atoms with Crippen LogP contribution in [0, 0.1) is 0 Å². The van der Waals surface area contributed by atoms with E-state index in [2.05, 4.69) is 15.4 Å². The number of carbonyl (C=O) groups is 2. The van der Waals surface area contributed by atoms with Crippen molar-refractivity contribution < 1.29 is 28.2 Å². The van der Waals surface area contributed by atoms with Gasteiger partial charge in [0.1, 0.15) is 0 Å². The van der Waals surface area contributed by atoms with Gasteiger partial charge in [0.15, 0.2) is 5.75 Å². The molecule has 3 N–H and O–H groups in total. The molecule has 1 saturated carbocycles. The van der Waals surface area contributed by atoms with E-state index in [0.29, 0.717) is 19.4 Å². The van der Waals surface area contributed by atoms with Gasteiger partial charge in [-0.05, 0) is 31.5 Å². The fourth-order valence-electron chi connectivity index (χ4n) is 2.81. The summed E-state index contributed by atoms with van der Waals surface area (Å²) in [6, 6.07) is 3.42. The van der Waals surface area contributed by atoms with E-state index in [0.717, 1.165) is 0 Å². The van der Waals surface area contributed by atoms with E-state index in [1.165, 1.54) is 18.2 Å². The Morgan fingerprint density at radius 3 is 2.69 bits per heavy atom. The number of anilines is 1. The van der Waals surface area contributed by atoms with Crippen LogP contribution in [0.2, 0.25) is 5.02 Å². The summed E-state index contributed by atoms with van der Waals surface area (Å²) in [6.45, 7) is -0.603. The lowest BCUT2D eigenvalue weighted by Gasteiger charge is -2.42. The van der Waals surface area contributed by atoms with Crippen molar-refractivity contribution >= 4 is 29.3 Å². The molecule has 0 bridgehead atoms. The minimum absolute atomic E-state index is 0.0425. The number of alkyl halides is 2. The maximum atomic E-state index is 12.4. The molecule has 144 valence electrons. The molecule has 1 aromatic rings. The number of halogens is 3. The van der Waals surface area contributed by atoms with Gasteiger partial charge in [0.2, 0.25) is 0 Å². The van der Waals surface area contributed by atoms with Crippen LogP contribution in [0.25, 0.3) is 0 Å². The van der Waals surface area contributed by atoms with Gasteiger partial charge in [0, 0.05) is 23.2 Å². The fourth-order valence-corrected chi connectivity index (χ4v) is 2.98. The van der Waals surface area contributed by atoms with E-state index >= 15 is 0 Å². The SMILES string of the molecule is CCN(CC(=O)O)C1CC(NC(=O)Nc2ccc(Cl)cc2OC(F)F)C1. The third-order valence-electron chi connectivity index (χ3n) is 4.12. The van der Waals surface area contributed by atoms with E-state index < -0.39 is 18.6 Å². The average molecular weight is 392 g/mol. The molecule has 0 radical (unpaired) electrons. The predicted octanol–water partition coefficient (Wildman–Crippen LogP) is 3.00. The van der Waals surface area contributed by atoms with E-state index in [4.69, 9.17) is 16.7 Å². The largest absolute Gasteiger partial charge is 0.480 e. The standard InChI is InChI=1S/C16H20ClF2N3O4/c1-2-22(8-14(23)24)11-6-10(7-11)20-16(25)21-12-4-3-9(17)5-13(12)26-15(18)19/h3-5,10-11,15H,2,6-8H2,1H3,(H,23,24)(H2,20,21,25). The number of carbonyl (C=O) groups excluding carboxylic acids is 1. The number of hydrogen-bond donors (Lipinski definition) is 3. The van der Waals surface area contributed by atoms with Crippen molar-refractivity contribution in [2.45, 2.75) is 38.5 Å². The lowest BCUT2D eigenvalue weighted by atomic mass is 9.85. The Bertz CT molecular complexity index is 656. The van der Waals surface area contributed by atoms with Crippen LogP contribution in [0.5, 0.6) is 5.75 Å². The molecule has 2 rings (SSSR count). The lowest BCUT2D eigenvalue weighted by Crippen LogP contribution is -2.55. The highest BCUT2D eigenvalue weighted by Gasteiger charge is 2.34. The number of carboxylic acids is 1. The van der Waals surface area contributed by atoms with Crippen molar-refractivity contribution in [2.75, 3.05) is 18.4 Å². The maximum Gasteiger partial charge on any atom is 0.387 e. The lowest BCUT2D eigenvalue weighted by molar-refractivity contribution is -0.139. The Balaban J connectivity index is 1.86. The number of urea groups is 1. The zero-order valence-corrected chi connectivity index (χ0v) is 14.8. The molecule has 0 spiro atoms. The molecule has 1 fully saturated rings. The number of hydrogen-bond acceptors (Lipinski definition) is 4. The van der Waals surface area contributed by atoms with Gasteiger partial charge < -0.3 is 20.5 Å². The normalized spacial score (nSPS) is 19.2. The quantitative estimate of drug-likeness (QED) is 0.633. The van der Waals surface area contributed by atoms with Crippen LogP contribution < -0.4 is 15.4 Å². The number of carboxylic acid groups (broad SMARTS) is 1. The van der Waals surface area contributed by atoms with Crippen LogP contribution in [-0.2, 0) is 4.79 Å². The highest BCUT2D eigenvalue weighted by atomic mass is 35.5. The summed E-state index contributed by atoms with van der Waals surface area (Å²) in [5.41, 5.74) is 0.0733. The number of nitrogens with one attached hydrogen (secondary N) is 2. The molecule has 2 amide bonds. The Labute approximate surface area is 154 Å². The Kier molecular flexibility index (Phi) is 6.98. The summed E-state index contributed by atoms with van der Waals surface area (Å²) in [4.78, 5) is 24.7. The molecule has 7 nitrogen and oxygen atoms in total. The molecule has 1 aliphatic rings. The molecular formula is C16H20ClF2N3O4. The summed E-state index contributed by atoms with van der Waals surface area (Å²) in [6.07, 6.45) is 1.24. The van der Waals surface area contributed by atoms with E-state index in [1.807, 2.05) is 11.8 Å². The first-order chi connectivity index (χ1) is 12.3. The van der Waals surface area contributed by atoms with Gasteiger partial charge in [-0.25, -0.2) is 4.79 Å². The van der Waals surface area contributed by atoms with Gasteiger partial charge in [0.25, 0.3) is 0 Å². The summed E-state index contributed by atoms with van der Waals surface area (Å²) < 4.78 is 29.2. The van der Waals surface area contributed by atoms with Crippen LogP contribution in [-0.4, -0.2) is 53.8 Å². The number of likely N-dealkylation sites (N-methyl/N-ethyl adjacent to an activating group) is 1. The van der Waals surface area contributed by atoms with Crippen LogP contribution in [0.4, 0.5) is 19.3 Å². The molecule has 1 aliphatic carbocycles. The maximum absolute atomic E-state index is 12.4. The second-order valence-electron chi connectivity index (χ2n) is 5.90. The Hall–Kier alpha value is -2.13. The molecule has 26 heavy (non-hydrogen) atoms. The molecule has 0 atom stereocenters. The summed E-state index contributed by atoms with van der Waals surface area (Å²) in [5.74, 6) is -1.12. The van der Waals surface area contributed by atoms with Crippen LogP contribution in [0.3, 0.4) is 0 Å². The summed E-state index contributed by atoms with van der Waals surface area (Å²) >= 11 is 5.75. The molecule has 1 aromatic carbocycles. The van der Waals surface area contributed by atoms with E-state index in [9.17, 15) is 18.4 Å². The van der Waals surface area contributed by atoms with Crippen molar-refractivity contribution in [1.82, 2.24) is 10.2 Å². The Morgan fingerprint density at radius 1 is 1.42 bits per heavy atom. The molecular weight excluding hydrogens is 372 g/mol. The zero-order valence-electron chi connectivity index (χ0n) is 14.0. The third kappa shape index (κ3) is 5.70. The molecule has 0 saturated heterocycles. The second-order valence-corrected chi connectivity index (χ2v) is 6.33. The van der Waals surface area contributed by atoms with Crippen LogP contribution in [0.1, 0.15) is 19.8 Å². The molecule has 0 unspecified atom stereocenters. The smallest absolute Gasteiger partial charge is 0.387 e. The zero-order chi connectivity index (χ0) is 19.3. The van der Waals surface area contributed by atoms with Crippen molar-refractivity contribution in [3.05, 3.63) is 23.2 Å². The fraction of sp³-hybridized carbons (Fsp3) is 0.500. The highest BCUT2D eigenvalue weighted by Crippen LogP contribution is 2.30.